The van der Waals surface area contributed by atoms with E-state index < -0.39 is 48.1 Å². The van der Waals surface area contributed by atoms with Gasteiger partial charge in [0.05, 0.1) is 23.5 Å². The minimum atomic E-state index is -1.16. The van der Waals surface area contributed by atoms with Crippen LogP contribution in [0.1, 0.15) is 134 Å². The molecule has 4 saturated carbocycles. The summed E-state index contributed by atoms with van der Waals surface area (Å²) in [5.41, 5.74) is 4.05. The van der Waals surface area contributed by atoms with Crippen molar-refractivity contribution in [3.8, 4) is 0 Å². The van der Waals surface area contributed by atoms with Gasteiger partial charge in [0.25, 0.3) is 0 Å². The molecule has 0 bridgehead atoms. The number of fused-ring (bicyclic) bond motifs is 5. The molecule has 5 aliphatic rings. The largest absolute Gasteiger partial charge is 0.481 e. The van der Waals surface area contributed by atoms with Crippen LogP contribution in [0.15, 0.2) is 29.8 Å². The minimum absolute atomic E-state index is 0.0229. The molecule has 0 heterocycles. The van der Waals surface area contributed by atoms with Gasteiger partial charge in [-0.2, -0.15) is 0 Å². The summed E-state index contributed by atoms with van der Waals surface area (Å²) in [5.74, 6) is -1.24. The first-order valence-corrected chi connectivity index (χ1v) is 21.6. The molecule has 1 aromatic carbocycles. The normalized spacial score (nSPS) is 35.4. The zero-order chi connectivity index (χ0) is 40.5. The molecular weight excluding hydrogens is 709 g/mol. The smallest absolute Gasteiger partial charge is 0.338 e. The predicted molar refractivity (Wildman–Crippen MR) is 216 cm³/mol. The van der Waals surface area contributed by atoms with E-state index in [2.05, 4.69) is 51.3 Å². The van der Waals surface area contributed by atoms with E-state index in [9.17, 15) is 29.4 Å². The summed E-state index contributed by atoms with van der Waals surface area (Å²) in [6.45, 7) is 14.2. The van der Waals surface area contributed by atoms with E-state index in [0.717, 1.165) is 60.8 Å². The molecule has 12 atom stereocenters. The van der Waals surface area contributed by atoms with Gasteiger partial charge in [0.2, 0.25) is 5.91 Å². The average molecular weight is 777 g/mol. The highest BCUT2D eigenvalue weighted by molar-refractivity contribution is 5.91. The van der Waals surface area contributed by atoms with Gasteiger partial charge in [0.1, 0.15) is 12.8 Å². The fourth-order valence-corrected chi connectivity index (χ4v) is 12.8. The molecule has 310 valence electrons. The predicted octanol–water partition coefficient (Wildman–Crippen LogP) is 8.87. The Kier molecular flexibility index (Phi) is 13.0. The first kappa shape index (κ1) is 42.2. The third kappa shape index (κ3) is 8.56. The number of amides is 1. The zero-order valence-corrected chi connectivity index (χ0v) is 34.9. The number of allylic oxidation sites excluding steroid dienone is 1. The molecule has 4 N–H and O–H groups in total. The van der Waals surface area contributed by atoms with Crippen molar-refractivity contribution in [3.63, 3.8) is 0 Å². The first-order valence-electron chi connectivity index (χ1n) is 21.6. The Morgan fingerprint density at radius 2 is 1.73 bits per heavy atom. The van der Waals surface area contributed by atoms with E-state index in [0.29, 0.717) is 22.6 Å². The van der Waals surface area contributed by atoms with Gasteiger partial charge in [-0.1, -0.05) is 65.5 Å². The van der Waals surface area contributed by atoms with Crippen LogP contribution < -0.4 is 10.6 Å². The van der Waals surface area contributed by atoms with E-state index >= 15 is 0 Å². The van der Waals surface area contributed by atoms with Crippen molar-refractivity contribution >= 4 is 29.5 Å². The zero-order valence-electron chi connectivity index (χ0n) is 34.9. The van der Waals surface area contributed by atoms with Gasteiger partial charge < -0.3 is 30.3 Å². The molecule has 0 aromatic heterocycles. The third-order valence-corrected chi connectivity index (χ3v) is 15.6. The monoisotopic (exact) mass is 776 g/mol. The van der Waals surface area contributed by atoms with Crippen LogP contribution in [-0.4, -0.2) is 60.0 Å². The quantitative estimate of drug-likeness (QED) is 0.0778. The standard InChI is InChI=1S/C46H68N2O8/c1-26(2)9-8-10-28(4)36-13-14-37-33-12-11-30-22-32(15-17-45(30,5)38(33)16-18-46(36,37)6)56-44(54)29-19-27(3)20-31(21-29)48-25-55-39-23-35(43(52)53)34(24-40(49)50)41(39)42(51)47-7/h11,19-21,26,28,32-39,41,48H,8-10,12-18,22-25H2,1-7H3,(H,47,51)(H,49,50)(H,52,53). The van der Waals surface area contributed by atoms with Gasteiger partial charge in [-0.25, -0.2) is 4.79 Å². The Bertz CT molecular complexity index is 1660. The molecule has 10 heteroatoms. The second-order valence-corrected chi connectivity index (χ2v) is 19.3. The number of carbonyl (C=O) groups excluding carboxylic acids is 2. The maximum atomic E-state index is 13.6. The van der Waals surface area contributed by atoms with Crippen LogP contribution in [0.25, 0.3) is 0 Å². The molecule has 0 saturated heterocycles. The number of aliphatic carboxylic acids is 2. The van der Waals surface area contributed by atoms with Crippen LogP contribution in [0, 0.1) is 71.0 Å². The average Bonchev–Trinajstić information content (AvgIpc) is 3.68. The molecule has 0 spiro atoms. The van der Waals surface area contributed by atoms with Crippen LogP contribution >= 0.6 is 0 Å². The fraction of sp³-hybridized carbons (Fsp3) is 0.739. The molecule has 12 unspecified atom stereocenters. The summed E-state index contributed by atoms with van der Waals surface area (Å²) in [5, 5.41) is 24.9. The van der Waals surface area contributed by atoms with E-state index in [1.807, 2.05) is 19.1 Å². The highest BCUT2D eigenvalue weighted by atomic mass is 16.5. The molecular formula is C46H68N2O8. The Morgan fingerprint density at radius 3 is 2.43 bits per heavy atom. The summed E-state index contributed by atoms with van der Waals surface area (Å²) in [7, 11) is 1.44. The van der Waals surface area contributed by atoms with E-state index in [4.69, 9.17) is 9.47 Å². The van der Waals surface area contributed by atoms with Gasteiger partial charge >= 0.3 is 17.9 Å². The van der Waals surface area contributed by atoms with E-state index in [-0.39, 0.29) is 30.6 Å². The minimum Gasteiger partial charge on any atom is -0.481 e. The highest BCUT2D eigenvalue weighted by Gasteiger charge is 2.59. The molecule has 0 radical (unpaired) electrons. The summed E-state index contributed by atoms with van der Waals surface area (Å²) in [6, 6.07) is 5.42. The number of nitrogens with one attached hydrogen (secondary N) is 2. The second-order valence-electron chi connectivity index (χ2n) is 19.3. The van der Waals surface area contributed by atoms with Gasteiger partial charge in [0, 0.05) is 25.6 Å². The van der Waals surface area contributed by atoms with Crippen molar-refractivity contribution < 1.29 is 38.9 Å². The number of hydrogen-bond donors (Lipinski definition) is 4. The summed E-state index contributed by atoms with van der Waals surface area (Å²) < 4.78 is 12.2. The molecule has 1 aromatic rings. The lowest BCUT2D eigenvalue weighted by Gasteiger charge is -2.58. The van der Waals surface area contributed by atoms with Crippen molar-refractivity contribution in [1.82, 2.24) is 5.32 Å². The fourth-order valence-electron chi connectivity index (χ4n) is 12.8. The number of benzene rings is 1. The van der Waals surface area contributed by atoms with Crippen LogP contribution in [0.3, 0.4) is 0 Å². The number of ether oxygens (including phenoxy) is 2. The van der Waals surface area contributed by atoms with Crippen LogP contribution in [-0.2, 0) is 23.9 Å². The number of hydrogen-bond acceptors (Lipinski definition) is 7. The first-order chi connectivity index (χ1) is 26.5. The number of carbonyl (C=O) groups is 4. The molecule has 5 aliphatic carbocycles. The van der Waals surface area contributed by atoms with Gasteiger partial charge in [-0.15, -0.1) is 0 Å². The lowest BCUT2D eigenvalue weighted by molar-refractivity contribution is -0.145. The molecule has 10 nitrogen and oxygen atoms in total. The molecule has 56 heavy (non-hydrogen) atoms. The number of anilines is 1. The maximum Gasteiger partial charge on any atom is 0.338 e. The number of carboxylic acids is 2. The lowest BCUT2D eigenvalue weighted by Crippen LogP contribution is -2.51. The van der Waals surface area contributed by atoms with Crippen molar-refractivity contribution in [2.24, 2.45) is 64.1 Å². The number of carboxylic acid groups (broad SMARTS) is 2. The Labute approximate surface area is 334 Å². The SMILES string of the molecule is CNC(=O)C1C(OCNc2cc(C)cc(C(=O)OC3CCC4(C)C(=CCC5C4CCC4(C)C(C(C)CCCC(C)C)CCC54)C3)c2)CC(C(=O)O)C1CC(=O)O. The van der Waals surface area contributed by atoms with Crippen LogP contribution in [0.5, 0.6) is 0 Å². The highest BCUT2D eigenvalue weighted by Crippen LogP contribution is 2.67. The van der Waals surface area contributed by atoms with Gasteiger partial charge in [-0.3, -0.25) is 14.4 Å². The van der Waals surface area contributed by atoms with Gasteiger partial charge in [-0.05, 0) is 134 Å². The molecule has 6 rings (SSSR count). The molecule has 4 fully saturated rings. The number of aryl methyl sites for hydroxylation is 1. The van der Waals surface area contributed by atoms with E-state index in [1.165, 1.54) is 57.6 Å². The lowest BCUT2D eigenvalue weighted by atomic mass is 9.47. The Morgan fingerprint density at radius 1 is 0.964 bits per heavy atom. The number of esters is 1. The second kappa shape index (κ2) is 17.2. The maximum absolute atomic E-state index is 13.6. The van der Waals surface area contributed by atoms with Crippen LogP contribution in [0.4, 0.5) is 5.69 Å². The topological polar surface area (TPSA) is 151 Å². The van der Waals surface area contributed by atoms with E-state index in [1.54, 1.807) is 6.07 Å². The van der Waals surface area contributed by atoms with Crippen LogP contribution in [0.2, 0.25) is 0 Å². The van der Waals surface area contributed by atoms with Crippen molar-refractivity contribution in [2.75, 3.05) is 19.1 Å². The van der Waals surface area contributed by atoms with Crippen molar-refractivity contribution in [2.45, 2.75) is 137 Å². The third-order valence-electron chi connectivity index (χ3n) is 15.6. The van der Waals surface area contributed by atoms with Crippen molar-refractivity contribution in [3.05, 3.63) is 41.0 Å². The number of rotatable bonds is 15. The summed E-state index contributed by atoms with van der Waals surface area (Å²) >= 11 is 0. The summed E-state index contributed by atoms with van der Waals surface area (Å²) in [6.07, 6.45) is 14.5. The van der Waals surface area contributed by atoms with Gasteiger partial charge in [0.15, 0.2) is 0 Å². The molecule has 1 amide bonds. The summed E-state index contributed by atoms with van der Waals surface area (Å²) in [4.78, 5) is 49.9. The molecule has 0 aliphatic heterocycles. The Hall–Kier alpha value is -3.40. The van der Waals surface area contributed by atoms with Crippen molar-refractivity contribution in [1.29, 1.82) is 0 Å². The Balaban J connectivity index is 1.05.